The highest BCUT2D eigenvalue weighted by molar-refractivity contribution is 7.89. The number of sulfonamides is 1. The van der Waals surface area contributed by atoms with Gasteiger partial charge in [-0.2, -0.15) is 0 Å². The highest BCUT2D eigenvalue weighted by Gasteiger charge is 2.27. The first-order chi connectivity index (χ1) is 13.2. The molecule has 1 fully saturated rings. The first-order valence-corrected chi connectivity index (χ1v) is 10.1. The van der Waals surface area contributed by atoms with Crippen LogP contribution in [0.2, 0.25) is 0 Å². The number of carbonyl (C=O) groups is 1. The molecule has 0 spiro atoms. The van der Waals surface area contributed by atoms with Crippen LogP contribution >= 0.6 is 0 Å². The first-order valence-electron chi connectivity index (χ1n) is 8.61. The zero-order chi connectivity index (χ0) is 20.3. The Morgan fingerprint density at radius 3 is 2.46 bits per heavy atom. The van der Waals surface area contributed by atoms with Gasteiger partial charge in [-0.05, 0) is 49.1 Å². The average Bonchev–Trinajstić information content (AvgIpc) is 3.45. The predicted molar refractivity (Wildman–Crippen MR) is 105 cm³/mol. The SMILES string of the molecule is Cc1ccc([N+](=O)[O-])cc1NC(=O)C=Cc1ccc(S(=O)(=O)NC2CC2)cc1. The van der Waals surface area contributed by atoms with Gasteiger partial charge in [0.2, 0.25) is 15.9 Å². The molecule has 0 heterocycles. The van der Waals surface area contributed by atoms with Crippen LogP contribution in [0.3, 0.4) is 0 Å². The number of rotatable bonds is 7. The Bertz CT molecular complexity index is 1040. The van der Waals surface area contributed by atoms with Crippen LogP contribution < -0.4 is 10.0 Å². The molecule has 2 N–H and O–H groups in total. The van der Waals surface area contributed by atoms with Crippen LogP contribution in [-0.2, 0) is 14.8 Å². The lowest BCUT2D eigenvalue weighted by atomic mass is 10.1. The van der Waals surface area contributed by atoms with Crippen molar-refractivity contribution in [2.24, 2.45) is 0 Å². The van der Waals surface area contributed by atoms with Crippen LogP contribution in [0, 0.1) is 17.0 Å². The van der Waals surface area contributed by atoms with Crippen LogP contribution in [0.4, 0.5) is 11.4 Å². The lowest BCUT2D eigenvalue weighted by Crippen LogP contribution is -2.25. The summed E-state index contributed by atoms with van der Waals surface area (Å²) in [6.07, 6.45) is 4.54. The summed E-state index contributed by atoms with van der Waals surface area (Å²) in [6.45, 7) is 1.73. The second-order valence-corrected chi connectivity index (χ2v) is 8.26. The Kier molecular flexibility index (Phi) is 5.57. The number of benzene rings is 2. The van der Waals surface area contributed by atoms with Crippen molar-refractivity contribution >= 4 is 33.4 Å². The summed E-state index contributed by atoms with van der Waals surface area (Å²) >= 11 is 0. The number of nitro groups is 1. The molecule has 1 aliphatic carbocycles. The van der Waals surface area contributed by atoms with E-state index >= 15 is 0 Å². The van der Waals surface area contributed by atoms with Crippen molar-refractivity contribution in [3.63, 3.8) is 0 Å². The van der Waals surface area contributed by atoms with E-state index in [0.29, 0.717) is 16.8 Å². The Morgan fingerprint density at radius 1 is 1.18 bits per heavy atom. The van der Waals surface area contributed by atoms with Crippen molar-refractivity contribution in [1.82, 2.24) is 4.72 Å². The molecule has 0 saturated heterocycles. The molecular weight excluding hydrogens is 382 g/mol. The molecule has 9 heteroatoms. The molecule has 2 aromatic rings. The molecule has 0 aliphatic heterocycles. The average molecular weight is 401 g/mol. The summed E-state index contributed by atoms with van der Waals surface area (Å²) in [5.41, 5.74) is 1.60. The molecule has 1 aliphatic rings. The lowest BCUT2D eigenvalue weighted by Gasteiger charge is -2.06. The largest absolute Gasteiger partial charge is 0.322 e. The molecule has 1 saturated carbocycles. The minimum atomic E-state index is -3.51. The van der Waals surface area contributed by atoms with E-state index in [1.54, 1.807) is 25.1 Å². The standard InChI is InChI=1S/C19H19N3O5S/c1-13-2-8-16(22(24)25)12-18(13)20-19(23)11-5-14-3-9-17(10-4-14)28(26,27)21-15-6-7-15/h2-5,8-12,15,21H,6-7H2,1H3,(H,20,23). The number of amides is 1. The monoisotopic (exact) mass is 401 g/mol. The first kappa shape index (κ1) is 19.7. The number of nitrogens with one attached hydrogen (secondary N) is 2. The third-order valence-electron chi connectivity index (χ3n) is 4.21. The Hall–Kier alpha value is -3.04. The summed E-state index contributed by atoms with van der Waals surface area (Å²) in [5.74, 6) is -0.448. The van der Waals surface area contributed by atoms with Gasteiger partial charge < -0.3 is 5.32 Å². The third-order valence-corrected chi connectivity index (χ3v) is 5.74. The minimum absolute atomic E-state index is 0.0329. The van der Waals surface area contributed by atoms with Crippen molar-refractivity contribution in [2.75, 3.05) is 5.32 Å². The second kappa shape index (κ2) is 7.91. The quantitative estimate of drug-likeness (QED) is 0.420. The summed E-state index contributed by atoms with van der Waals surface area (Å²) in [4.78, 5) is 22.6. The smallest absolute Gasteiger partial charge is 0.271 e. The van der Waals surface area contributed by atoms with E-state index in [1.165, 1.54) is 36.4 Å². The number of non-ortho nitro benzene ring substituents is 1. The fourth-order valence-electron chi connectivity index (χ4n) is 2.45. The highest BCUT2D eigenvalue weighted by atomic mass is 32.2. The van der Waals surface area contributed by atoms with Crippen LogP contribution in [0.15, 0.2) is 53.4 Å². The minimum Gasteiger partial charge on any atom is -0.322 e. The number of anilines is 1. The van der Waals surface area contributed by atoms with Gasteiger partial charge in [0.05, 0.1) is 15.5 Å². The van der Waals surface area contributed by atoms with Gasteiger partial charge in [0, 0.05) is 24.3 Å². The van der Waals surface area contributed by atoms with Gasteiger partial charge in [-0.25, -0.2) is 13.1 Å². The number of hydrogen-bond acceptors (Lipinski definition) is 5. The zero-order valence-corrected chi connectivity index (χ0v) is 15.9. The van der Waals surface area contributed by atoms with Gasteiger partial charge in [-0.1, -0.05) is 18.2 Å². The molecule has 0 atom stereocenters. The van der Waals surface area contributed by atoms with Crippen molar-refractivity contribution < 1.29 is 18.1 Å². The molecule has 8 nitrogen and oxygen atoms in total. The highest BCUT2D eigenvalue weighted by Crippen LogP contribution is 2.23. The van der Waals surface area contributed by atoms with Crippen molar-refractivity contribution in [1.29, 1.82) is 0 Å². The topological polar surface area (TPSA) is 118 Å². The van der Waals surface area contributed by atoms with Crippen molar-refractivity contribution in [2.45, 2.75) is 30.7 Å². The molecule has 0 unspecified atom stereocenters. The van der Waals surface area contributed by atoms with Gasteiger partial charge in [-0.15, -0.1) is 0 Å². The van der Waals surface area contributed by atoms with E-state index < -0.39 is 20.9 Å². The van der Waals surface area contributed by atoms with Gasteiger partial charge in [0.25, 0.3) is 5.69 Å². The fourth-order valence-corrected chi connectivity index (χ4v) is 3.76. The van der Waals surface area contributed by atoms with Crippen LogP contribution in [0.5, 0.6) is 0 Å². The predicted octanol–water partition coefficient (Wildman–Crippen LogP) is 3.00. The molecular formula is C19H19N3O5S. The Morgan fingerprint density at radius 2 is 1.86 bits per heavy atom. The van der Waals surface area contributed by atoms with Gasteiger partial charge in [0.1, 0.15) is 0 Å². The van der Waals surface area contributed by atoms with Crippen LogP contribution in [0.1, 0.15) is 24.0 Å². The second-order valence-electron chi connectivity index (χ2n) is 6.54. The normalized spacial score (nSPS) is 14.2. The number of carbonyl (C=O) groups excluding carboxylic acids is 1. The Labute approximate surface area is 162 Å². The molecule has 0 aromatic heterocycles. The molecule has 146 valence electrons. The molecule has 0 bridgehead atoms. The number of aryl methyl sites for hydroxylation is 1. The van der Waals surface area contributed by atoms with E-state index in [0.717, 1.165) is 12.8 Å². The molecule has 0 radical (unpaired) electrons. The maximum atomic E-state index is 12.1. The molecule has 28 heavy (non-hydrogen) atoms. The number of hydrogen-bond donors (Lipinski definition) is 2. The van der Waals surface area contributed by atoms with Crippen molar-refractivity contribution in [3.8, 4) is 0 Å². The number of nitrogens with zero attached hydrogens (tertiary/aromatic N) is 1. The van der Waals surface area contributed by atoms with E-state index in [1.807, 2.05) is 0 Å². The summed E-state index contributed by atoms with van der Waals surface area (Å²) < 4.78 is 26.9. The number of nitro benzene ring substituents is 1. The van der Waals surface area contributed by atoms with Crippen LogP contribution in [0.25, 0.3) is 6.08 Å². The fraction of sp³-hybridized carbons (Fsp3) is 0.211. The summed E-state index contributed by atoms with van der Waals surface area (Å²) in [7, 11) is -3.51. The molecule has 2 aromatic carbocycles. The lowest BCUT2D eigenvalue weighted by molar-refractivity contribution is -0.384. The van der Waals surface area contributed by atoms with E-state index in [-0.39, 0.29) is 16.6 Å². The van der Waals surface area contributed by atoms with E-state index in [4.69, 9.17) is 0 Å². The third kappa shape index (κ3) is 5.02. The Balaban J connectivity index is 1.66. The zero-order valence-electron chi connectivity index (χ0n) is 15.1. The van der Waals surface area contributed by atoms with Crippen LogP contribution in [-0.4, -0.2) is 25.3 Å². The van der Waals surface area contributed by atoms with Gasteiger partial charge in [0.15, 0.2) is 0 Å². The van der Waals surface area contributed by atoms with Gasteiger partial charge in [-0.3, -0.25) is 14.9 Å². The molecule has 3 rings (SSSR count). The van der Waals surface area contributed by atoms with Crippen molar-refractivity contribution in [3.05, 3.63) is 69.8 Å². The van der Waals surface area contributed by atoms with E-state index in [2.05, 4.69) is 10.0 Å². The summed E-state index contributed by atoms with van der Waals surface area (Å²) in [6, 6.07) is 10.4. The maximum Gasteiger partial charge on any atom is 0.271 e. The molecule has 1 amide bonds. The summed E-state index contributed by atoms with van der Waals surface area (Å²) in [5, 5.41) is 13.5. The van der Waals surface area contributed by atoms with Gasteiger partial charge >= 0.3 is 0 Å². The maximum absolute atomic E-state index is 12.1. The van der Waals surface area contributed by atoms with E-state index in [9.17, 15) is 23.3 Å².